The van der Waals surface area contributed by atoms with Crippen LogP contribution in [0.15, 0.2) is 24.5 Å². The number of amides is 2. The van der Waals surface area contributed by atoms with Crippen molar-refractivity contribution in [3.8, 4) is 0 Å². The number of rotatable bonds is 5. The Bertz CT molecular complexity index is 576. The van der Waals surface area contributed by atoms with E-state index in [9.17, 15) is 14.0 Å². The van der Waals surface area contributed by atoms with E-state index in [1.165, 1.54) is 4.90 Å². The Morgan fingerprint density at radius 2 is 2.26 bits per heavy atom. The Hall–Kier alpha value is -1.98. The van der Waals surface area contributed by atoms with Crippen LogP contribution in [0.25, 0.3) is 0 Å². The van der Waals surface area contributed by atoms with Gasteiger partial charge in [0.1, 0.15) is 0 Å². The molecule has 0 bridgehead atoms. The number of hydrogen-bond donors (Lipinski definition) is 1. The van der Waals surface area contributed by atoms with Crippen LogP contribution in [0.2, 0.25) is 0 Å². The van der Waals surface area contributed by atoms with Crippen LogP contribution in [0.4, 0.5) is 4.39 Å². The van der Waals surface area contributed by atoms with Gasteiger partial charge in [-0.2, -0.15) is 0 Å². The summed E-state index contributed by atoms with van der Waals surface area (Å²) in [5, 5.41) is 2.70. The third-order valence-corrected chi connectivity index (χ3v) is 4.53. The van der Waals surface area contributed by atoms with Gasteiger partial charge in [0.05, 0.1) is 13.0 Å². The van der Waals surface area contributed by atoms with Gasteiger partial charge < -0.3 is 10.2 Å². The topological polar surface area (TPSA) is 62.3 Å². The number of aromatic nitrogens is 1. The molecule has 6 heteroatoms. The Labute approximate surface area is 135 Å². The van der Waals surface area contributed by atoms with Crippen LogP contribution in [0.3, 0.4) is 0 Å². The molecule has 1 aromatic heterocycles. The van der Waals surface area contributed by atoms with Crippen molar-refractivity contribution in [1.82, 2.24) is 15.2 Å². The Balaban J connectivity index is 1.57. The minimum absolute atomic E-state index is 0.150. The van der Waals surface area contributed by atoms with E-state index in [1.807, 2.05) is 6.07 Å². The highest BCUT2D eigenvalue weighted by atomic mass is 19.1. The van der Waals surface area contributed by atoms with E-state index in [2.05, 4.69) is 10.3 Å². The average molecular weight is 319 g/mol. The first-order valence-electron chi connectivity index (χ1n) is 8.21. The largest absolute Gasteiger partial charge is 0.353 e. The molecule has 5 nitrogen and oxygen atoms in total. The number of pyridine rings is 1. The highest BCUT2D eigenvalue weighted by Crippen LogP contribution is 2.29. The maximum absolute atomic E-state index is 15.0. The van der Waals surface area contributed by atoms with Gasteiger partial charge in [-0.05, 0) is 43.2 Å². The molecule has 23 heavy (non-hydrogen) atoms. The smallest absolute Gasteiger partial charge is 0.259 e. The maximum atomic E-state index is 15.0. The van der Waals surface area contributed by atoms with Crippen molar-refractivity contribution in [1.29, 1.82) is 0 Å². The molecule has 1 aliphatic carbocycles. The van der Waals surface area contributed by atoms with E-state index in [4.69, 9.17) is 0 Å². The molecule has 1 N–H and O–H groups in total. The fourth-order valence-corrected chi connectivity index (χ4v) is 2.92. The monoisotopic (exact) mass is 319 g/mol. The van der Waals surface area contributed by atoms with Crippen molar-refractivity contribution in [3.63, 3.8) is 0 Å². The molecule has 124 valence electrons. The van der Waals surface area contributed by atoms with Crippen LogP contribution in [0.1, 0.15) is 31.2 Å². The van der Waals surface area contributed by atoms with E-state index in [1.54, 1.807) is 18.5 Å². The number of hydrogen-bond acceptors (Lipinski definition) is 3. The molecule has 1 aromatic rings. The fraction of sp³-hybridized carbons (Fsp3) is 0.588. The second-order valence-electron chi connectivity index (χ2n) is 6.58. The average Bonchev–Trinajstić information content (AvgIpc) is 3.38. The Kier molecular flexibility index (Phi) is 4.59. The predicted octanol–water partition coefficient (Wildman–Crippen LogP) is 1.48. The minimum Gasteiger partial charge on any atom is -0.353 e. The molecule has 0 aromatic carbocycles. The highest BCUT2D eigenvalue weighted by molar-refractivity contribution is 5.87. The lowest BCUT2D eigenvalue weighted by Gasteiger charge is -2.36. The van der Waals surface area contributed by atoms with E-state index in [-0.39, 0.29) is 25.3 Å². The third kappa shape index (κ3) is 4.06. The quantitative estimate of drug-likeness (QED) is 0.894. The molecule has 3 rings (SSSR count). The number of likely N-dealkylation sites (tertiary alicyclic amines) is 1. The van der Waals surface area contributed by atoms with Crippen molar-refractivity contribution >= 4 is 11.8 Å². The van der Waals surface area contributed by atoms with Gasteiger partial charge in [0.15, 0.2) is 0 Å². The second-order valence-corrected chi connectivity index (χ2v) is 6.58. The summed E-state index contributed by atoms with van der Waals surface area (Å²) >= 11 is 0. The SMILES string of the molecule is O=C(Cc1cccnc1)N1CCCC(F)(C(=O)NCC2CC2)C1. The van der Waals surface area contributed by atoms with Crippen LogP contribution in [0.5, 0.6) is 0 Å². The Morgan fingerprint density at radius 1 is 1.43 bits per heavy atom. The number of carbonyl (C=O) groups excluding carboxylic acids is 2. The van der Waals surface area contributed by atoms with Crippen LogP contribution in [0, 0.1) is 5.92 Å². The summed E-state index contributed by atoms with van der Waals surface area (Å²) in [6.45, 7) is 0.900. The van der Waals surface area contributed by atoms with Crippen LogP contribution >= 0.6 is 0 Å². The molecule has 2 heterocycles. The zero-order valence-electron chi connectivity index (χ0n) is 13.1. The fourth-order valence-electron chi connectivity index (χ4n) is 2.92. The number of nitrogens with zero attached hydrogens (tertiary/aromatic N) is 2. The molecule has 0 spiro atoms. The van der Waals surface area contributed by atoms with Gasteiger partial charge in [-0.1, -0.05) is 6.07 Å². The van der Waals surface area contributed by atoms with Gasteiger partial charge in [0, 0.05) is 25.5 Å². The summed E-state index contributed by atoms with van der Waals surface area (Å²) in [7, 11) is 0. The molecule has 1 atom stereocenters. The first-order valence-corrected chi connectivity index (χ1v) is 8.21. The number of carbonyl (C=O) groups is 2. The van der Waals surface area contributed by atoms with Crippen LogP contribution < -0.4 is 5.32 Å². The van der Waals surface area contributed by atoms with E-state index in [0.717, 1.165) is 18.4 Å². The number of halogens is 1. The molecule has 1 saturated carbocycles. The summed E-state index contributed by atoms with van der Waals surface area (Å²) in [4.78, 5) is 29.9. The summed E-state index contributed by atoms with van der Waals surface area (Å²) in [5.74, 6) is -0.215. The molecule has 2 amide bonds. The molecular formula is C17H22FN3O2. The van der Waals surface area contributed by atoms with E-state index >= 15 is 0 Å². The van der Waals surface area contributed by atoms with Crippen molar-refractivity contribution in [2.45, 2.75) is 37.8 Å². The second kappa shape index (κ2) is 6.64. The third-order valence-electron chi connectivity index (χ3n) is 4.53. The number of piperidine rings is 1. The maximum Gasteiger partial charge on any atom is 0.259 e. The summed E-state index contributed by atoms with van der Waals surface area (Å²) in [6, 6.07) is 3.59. The molecule has 0 radical (unpaired) electrons. The van der Waals surface area contributed by atoms with Gasteiger partial charge in [-0.15, -0.1) is 0 Å². The first-order chi connectivity index (χ1) is 11.1. The van der Waals surface area contributed by atoms with E-state index < -0.39 is 11.6 Å². The van der Waals surface area contributed by atoms with Crippen LogP contribution in [-0.2, 0) is 16.0 Å². The molecule has 1 saturated heterocycles. The lowest BCUT2D eigenvalue weighted by Crippen LogP contribution is -2.56. The van der Waals surface area contributed by atoms with Crippen molar-refractivity contribution in [2.75, 3.05) is 19.6 Å². The molecule has 2 aliphatic rings. The summed E-state index contributed by atoms with van der Waals surface area (Å²) < 4.78 is 15.0. The van der Waals surface area contributed by atoms with Gasteiger partial charge in [0.25, 0.3) is 5.91 Å². The zero-order valence-corrected chi connectivity index (χ0v) is 13.1. The first kappa shape index (κ1) is 15.9. The zero-order chi connectivity index (χ0) is 16.3. The molecule has 2 fully saturated rings. The van der Waals surface area contributed by atoms with Gasteiger partial charge in [-0.25, -0.2) is 4.39 Å². The predicted molar refractivity (Wildman–Crippen MR) is 83.3 cm³/mol. The van der Waals surface area contributed by atoms with E-state index in [0.29, 0.717) is 25.4 Å². The van der Waals surface area contributed by atoms with Crippen molar-refractivity contribution in [3.05, 3.63) is 30.1 Å². The van der Waals surface area contributed by atoms with Gasteiger partial charge >= 0.3 is 0 Å². The van der Waals surface area contributed by atoms with Gasteiger partial charge in [-0.3, -0.25) is 14.6 Å². The number of nitrogens with one attached hydrogen (secondary N) is 1. The summed E-state index contributed by atoms with van der Waals surface area (Å²) in [6.07, 6.45) is 6.36. The van der Waals surface area contributed by atoms with Crippen molar-refractivity contribution in [2.24, 2.45) is 5.92 Å². The van der Waals surface area contributed by atoms with Crippen molar-refractivity contribution < 1.29 is 14.0 Å². The lowest BCUT2D eigenvalue weighted by molar-refractivity contribution is -0.143. The van der Waals surface area contributed by atoms with Crippen LogP contribution in [-0.4, -0.2) is 47.0 Å². The molecule has 1 aliphatic heterocycles. The Morgan fingerprint density at radius 3 is 2.96 bits per heavy atom. The molecule has 1 unspecified atom stereocenters. The molecular weight excluding hydrogens is 297 g/mol. The number of alkyl halides is 1. The standard InChI is InChI=1S/C17H22FN3O2/c18-17(16(23)20-11-13-4-5-13)6-2-8-21(12-17)15(22)9-14-3-1-7-19-10-14/h1,3,7,10,13H,2,4-6,8-9,11-12H2,(H,20,23). The summed E-state index contributed by atoms with van der Waals surface area (Å²) in [5.41, 5.74) is -1.16. The highest BCUT2D eigenvalue weighted by Gasteiger charge is 2.44. The normalized spacial score (nSPS) is 24.3. The van der Waals surface area contributed by atoms with Gasteiger partial charge in [0.2, 0.25) is 11.6 Å². The minimum atomic E-state index is -1.96. The lowest BCUT2D eigenvalue weighted by atomic mass is 9.93.